The molecule has 420 valence electrons. The van der Waals surface area contributed by atoms with Gasteiger partial charge in [0.05, 0.1) is 16.5 Å². The maximum absolute atomic E-state index is 2.58. The van der Waals surface area contributed by atoms with E-state index in [1.54, 1.807) is 0 Å². The van der Waals surface area contributed by atoms with Crippen molar-refractivity contribution in [3.8, 4) is 22.3 Å². The van der Waals surface area contributed by atoms with Crippen molar-refractivity contribution in [2.45, 2.75) is 94.8 Å². The van der Waals surface area contributed by atoms with Crippen LogP contribution in [-0.2, 0) is 32.5 Å². The van der Waals surface area contributed by atoms with Crippen LogP contribution < -0.4 is 9.80 Å². The smallest absolute Gasteiger partial charge is 0.0714 e. The first-order valence-electron chi connectivity index (χ1n) is 31.3. The number of anilines is 6. The molecular weight excluding hydrogens is 1050 g/mol. The van der Waals surface area contributed by atoms with Gasteiger partial charge in [0, 0.05) is 39.3 Å². The summed E-state index contributed by atoms with van der Waals surface area (Å²) in [7, 11) is 0. The lowest BCUT2D eigenvalue weighted by Gasteiger charge is -2.47. The van der Waals surface area contributed by atoms with Crippen molar-refractivity contribution >= 4 is 44.9 Å². The largest absolute Gasteiger partial charge is 0.310 e. The molecule has 0 N–H and O–H groups in total. The fourth-order valence-electron chi connectivity index (χ4n) is 16.6. The third kappa shape index (κ3) is 6.99. The van der Waals surface area contributed by atoms with Crippen LogP contribution in [0.15, 0.2) is 261 Å². The van der Waals surface area contributed by atoms with E-state index in [-0.39, 0.29) is 21.7 Å². The summed E-state index contributed by atoms with van der Waals surface area (Å²) in [6, 6.07) is 102. The van der Waals surface area contributed by atoms with Crippen LogP contribution >= 0.6 is 0 Å². The number of rotatable bonds is 4. The van der Waals surface area contributed by atoms with Crippen LogP contribution in [0.1, 0.15) is 146 Å². The number of fused-ring (bicyclic) bond motifs is 6. The molecule has 4 heterocycles. The minimum Gasteiger partial charge on any atom is -0.310 e. The molecule has 12 aromatic rings. The van der Waals surface area contributed by atoms with E-state index >= 15 is 0 Å². The van der Waals surface area contributed by atoms with Crippen LogP contribution in [0.25, 0.3) is 33.0 Å². The van der Waals surface area contributed by atoms with Crippen molar-refractivity contribution in [1.82, 2.24) is 0 Å². The van der Waals surface area contributed by atoms with E-state index < -0.39 is 10.8 Å². The van der Waals surface area contributed by atoms with E-state index in [0.717, 1.165) is 28.4 Å². The molecule has 0 spiro atoms. The molecule has 2 nitrogen and oxygen atoms in total. The molecule has 4 aliphatic heterocycles. The van der Waals surface area contributed by atoms with E-state index in [9.17, 15) is 0 Å². The van der Waals surface area contributed by atoms with Gasteiger partial charge in [0.15, 0.2) is 0 Å². The molecule has 12 aromatic carbocycles. The molecule has 0 amide bonds. The van der Waals surface area contributed by atoms with Gasteiger partial charge in [0.25, 0.3) is 0 Å². The number of hydrogen-bond acceptors (Lipinski definition) is 2. The highest BCUT2D eigenvalue weighted by atomic mass is 15.2. The molecule has 3 atom stereocenters. The number of para-hydroxylation sites is 2. The Morgan fingerprint density at radius 2 is 0.678 bits per heavy atom. The zero-order valence-corrected chi connectivity index (χ0v) is 51.2. The van der Waals surface area contributed by atoms with E-state index in [2.05, 4.69) is 333 Å². The minimum atomic E-state index is -0.773. The predicted molar refractivity (Wildman–Crippen MR) is 363 cm³/mol. The summed E-state index contributed by atoms with van der Waals surface area (Å²) in [6.45, 7) is 21.2. The topological polar surface area (TPSA) is 6.48 Å². The van der Waals surface area contributed by atoms with Gasteiger partial charge >= 0.3 is 0 Å². The maximum atomic E-state index is 2.58. The van der Waals surface area contributed by atoms with Crippen molar-refractivity contribution in [2.75, 3.05) is 9.80 Å². The molecule has 3 aliphatic carbocycles. The lowest BCUT2D eigenvalue weighted by molar-refractivity contribution is 0.589. The lowest BCUT2D eigenvalue weighted by Crippen LogP contribution is -2.37. The SMILES string of the molecule is CC(C)(C)c1ccc(C23c4ccc(cc4)C(C)(C)c4cccc(c4)N(c4ccccc4)c4ccc(c2c4)-c2ccc4c5c(ccc3c25)C2(c3ccc(C(C)(C)C)cc3)c3ccc(cc3)[C@]3(C)c5cccc(c53)N(c3ccccc3)c3ccc-4c2c3)cc1. The molecule has 0 saturated heterocycles. The summed E-state index contributed by atoms with van der Waals surface area (Å²) in [6.07, 6.45) is 0. The first kappa shape index (κ1) is 51.9. The van der Waals surface area contributed by atoms with Gasteiger partial charge in [-0.1, -0.05) is 250 Å². The minimum absolute atomic E-state index is 0.0357. The molecule has 87 heavy (non-hydrogen) atoms. The highest BCUT2D eigenvalue weighted by Crippen LogP contribution is 2.65. The van der Waals surface area contributed by atoms with Crippen LogP contribution in [0.3, 0.4) is 0 Å². The molecule has 0 aromatic heterocycles. The van der Waals surface area contributed by atoms with Crippen LogP contribution in [0, 0.1) is 0 Å². The summed E-state index contributed by atoms with van der Waals surface area (Å²) < 4.78 is 0. The lowest BCUT2D eigenvalue weighted by atomic mass is 9.55. The van der Waals surface area contributed by atoms with Gasteiger partial charge in [0.1, 0.15) is 0 Å². The highest BCUT2D eigenvalue weighted by Gasteiger charge is 2.53. The molecule has 7 aliphatic rings. The van der Waals surface area contributed by atoms with Gasteiger partial charge in [0.2, 0.25) is 0 Å². The van der Waals surface area contributed by atoms with E-state index in [1.165, 1.54) is 122 Å². The van der Waals surface area contributed by atoms with E-state index in [0.29, 0.717) is 0 Å². The quantitative estimate of drug-likeness (QED) is 0.173. The van der Waals surface area contributed by atoms with Gasteiger partial charge in [-0.15, -0.1) is 0 Å². The average molecular weight is 1120 g/mol. The number of benzene rings is 12. The predicted octanol–water partition coefficient (Wildman–Crippen LogP) is 21.7. The first-order valence-corrected chi connectivity index (χ1v) is 31.3. The molecule has 0 radical (unpaired) electrons. The van der Waals surface area contributed by atoms with Crippen LogP contribution in [0.4, 0.5) is 34.1 Å². The molecule has 0 saturated carbocycles. The molecule has 2 unspecified atom stereocenters. The Labute approximate surface area is 513 Å². The Hall–Kier alpha value is -9.50. The molecular formula is C85H70N2. The van der Waals surface area contributed by atoms with Crippen molar-refractivity contribution < 1.29 is 0 Å². The molecule has 2 heteroatoms. The summed E-state index contributed by atoms with van der Waals surface area (Å²) in [5.41, 5.74) is 29.3. The third-order valence-corrected chi connectivity index (χ3v) is 21.3. The fourth-order valence-corrected chi connectivity index (χ4v) is 16.6. The third-order valence-electron chi connectivity index (χ3n) is 21.3. The summed E-state index contributed by atoms with van der Waals surface area (Å²) in [5.74, 6) is 0. The number of nitrogens with zero attached hydrogens (tertiary/aromatic N) is 2. The van der Waals surface area contributed by atoms with Gasteiger partial charge < -0.3 is 9.80 Å². The van der Waals surface area contributed by atoms with Crippen molar-refractivity contribution in [3.63, 3.8) is 0 Å². The second-order valence-electron chi connectivity index (χ2n) is 28.2. The summed E-state index contributed by atoms with van der Waals surface area (Å²) >= 11 is 0. The van der Waals surface area contributed by atoms with Gasteiger partial charge in [-0.2, -0.15) is 0 Å². The van der Waals surface area contributed by atoms with Crippen LogP contribution in [0.2, 0.25) is 0 Å². The van der Waals surface area contributed by atoms with Gasteiger partial charge in [-0.25, -0.2) is 0 Å². The normalized spacial score (nSPS) is 19.5. The molecule has 0 fully saturated rings. The van der Waals surface area contributed by atoms with Crippen molar-refractivity contribution in [2.24, 2.45) is 0 Å². The first-order chi connectivity index (χ1) is 42.0. The molecule has 10 bridgehead atoms. The Morgan fingerprint density at radius 1 is 0.276 bits per heavy atom. The second-order valence-corrected chi connectivity index (χ2v) is 28.2. The fraction of sp³-hybridized carbons (Fsp3) is 0.176. The molecule has 19 rings (SSSR count). The van der Waals surface area contributed by atoms with Crippen molar-refractivity contribution in [3.05, 3.63) is 344 Å². The van der Waals surface area contributed by atoms with Gasteiger partial charge in [-0.3, -0.25) is 0 Å². The summed E-state index contributed by atoms with van der Waals surface area (Å²) in [4.78, 5) is 5.02. The zero-order valence-electron chi connectivity index (χ0n) is 51.2. The Morgan fingerprint density at radius 3 is 1.17 bits per heavy atom. The Bertz CT molecular complexity index is 4830. The number of hydrogen-bond donors (Lipinski definition) is 0. The second kappa shape index (κ2) is 17.8. The average Bonchev–Trinajstić information content (AvgIpc) is 1.24. The Kier molecular flexibility index (Phi) is 10.6. The summed E-state index contributed by atoms with van der Waals surface area (Å²) in [5, 5.41) is 2.62. The standard InChI is InChI=1S/C85H70N2/c1-80(2,3)53-26-34-57(35-27-53)84-59-38-30-55(31-39-59)82(7,8)61-18-16-23-64(50-61)86(62-19-12-10-13-20-62)65-42-44-67(74(84)51-65)69-46-47-70-68-45-43-66-52-75(68)85(72-49-48-71(84)77(69)78(70)72,58-36-28-54(29-37-58)81(4,5)6)60-40-32-56(33-41-60)83(9)73-24-17-25-76(79(73)83)87(66)63-21-14-11-15-22-63/h10-52H,1-9H3/t83-,84?,85?/m1/s1. The van der Waals surface area contributed by atoms with Crippen molar-refractivity contribution in [1.29, 1.82) is 0 Å². The van der Waals surface area contributed by atoms with E-state index in [4.69, 9.17) is 0 Å². The zero-order chi connectivity index (χ0) is 59.1. The van der Waals surface area contributed by atoms with Crippen LogP contribution in [0.5, 0.6) is 0 Å². The monoisotopic (exact) mass is 1120 g/mol. The van der Waals surface area contributed by atoms with Crippen LogP contribution in [-0.4, -0.2) is 0 Å². The van der Waals surface area contributed by atoms with Gasteiger partial charge in [-0.05, 0) is 201 Å². The highest BCUT2D eigenvalue weighted by molar-refractivity contribution is 6.15. The van der Waals surface area contributed by atoms with E-state index in [1.807, 2.05) is 0 Å². The maximum Gasteiger partial charge on any atom is 0.0714 e. The Balaban J connectivity index is 1.03.